The predicted molar refractivity (Wildman–Crippen MR) is 60.9 cm³/mol. The van der Waals surface area contributed by atoms with Gasteiger partial charge in [-0.25, -0.2) is 0 Å². The average Bonchev–Trinajstić information content (AvgIpc) is 2.52. The number of piperidine rings is 1. The highest BCUT2D eigenvalue weighted by molar-refractivity contribution is 6.25. The maximum absolute atomic E-state index is 12.0. The van der Waals surface area contributed by atoms with E-state index in [2.05, 4.69) is 11.9 Å². The molecule has 1 unspecified atom stereocenters. The van der Waals surface area contributed by atoms with Crippen LogP contribution in [0.3, 0.4) is 0 Å². The Morgan fingerprint density at radius 1 is 1.28 bits per heavy atom. The first kappa shape index (κ1) is 12.2. The standard InChI is InChI=1S/C12H12N2O4/c1-3-7-6(2)11(17)14(12(7)18)8-4-5-9(15)13-10(8)16/h3,8H,2,4-5H2,1H3,(H,13,15,16)/b7-3+. The van der Waals surface area contributed by atoms with Gasteiger partial charge < -0.3 is 0 Å². The van der Waals surface area contributed by atoms with Crippen LogP contribution in [-0.4, -0.2) is 34.6 Å². The Hall–Kier alpha value is -2.24. The quantitative estimate of drug-likeness (QED) is 0.508. The molecule has 6 heteroatoms. The molecule has 4 amide bonds. The summed E-state index contributed by atoms with van der Waals surface area (Å²) < 4.78 is 0. The molecule has 2 rings (SSSR count). The first-order valence-corrected chi connectivity index (χ1v) is 5.54. The van der Waals surface area contributed by atoms with Gasteiger partial charge in [0, 0.05) is 17.6 Å². The number of carbonyl (C=O) groups is 4. The summed E-state index contributed by atoms with van der Waals surface area (Å²) in [5.41, 5.74) is 0.303. The zero-order chi connectivity index (χ0) is 13.4. The van der Waals surface area contributed by atoms with Gasteiger partial charge in [0.15, 0.2) is 0 Å². The first-order chi connectivity index (χ1) is 8.47. The third kappa shape index (κ3) is 1.66. The van der Waals surface area contributed by atoms with Crippen molar-refractivity contribution in [1.29, 1.82) is 0 Å². The second-order valence-electron chi connectivity index (χ2n) is 4.13. The van der Waals surface area contributed by atoms with Crippen molar-refractivity contribution in [3.8, 4) is 0 Å². The number of nitrogens with zero attached hydrogens (tertiary/aromatic N) is 1. The Balaban J connectivity index is 2.32. The molecule has 0 radical (unpaired) electrons. The van der Waals surface area contributed by atoms with Crippen molar-refractivity contribution < 1.29 is 19.2 Å². The summed E-state index contributed by atoms with van der Waals surface area (Å²) in [5.74, 6) is -2.09. The number of likely N-dealkylation sites (tertiary alicyclic amines) is 1. The van der Waals surface area contributed by atoms with Crippen LogP contribution in [0.4, 0.5) is 0 Å². The zero-order valence-corrected chi connectivity index (χ0v) is 9.86. The maximum atomic E-state index is 12.0. The lowest BCUT2D eigenvalue weighted by atomic mass is 10.0. The number of allylic oxidation sites excluding steroid dienone is 1. The van der Waals surface area contributed by atoms with Crippen molar-refractivity contribution in [2.24, 2.45) is 0 Å². The van der Waals surface area contributed by atoms with Crippen LogP contribution >= 0.6 is 0 Å². The van der Waals surface area contributed by atoms with Crippen LogP contribution in [0.25, 0.3) is 0 Å². The van der Waals surface area contributed by atoms with Gasteiger partial charge in [-0.05, 0) is 13.3 Å². The van der Waals surface area contributed by atoms with Crippen molar-refractivity contribution in [3.05, 3.63) is 23.8 Å². The number of hydrogen-bond acceptors (Lipinski definition) is 4. The molecule has 2 heterocycles. The van der Waals surface area contributed by atoms with Crippen molar-refractivity contribution in [1.82, 2.24) is 10.2 Å². The SMILES string of the molecule is C=C1C(=O)N(C2CCC(=O)NC2=O)C(=O)/C1=C/C. The van der Waals surface area contributed by atoms with Crippen molar-refractivity contribution in [2.45, 2.75) is 25.8 Å². The molecule has 18 heavy (non-hydrogen) atoms. The molecule has 2 aliphatic heterocycles. The zero-order valence-electron chi connectivity index (χ0n) is 9.86. The van der Waals surface area contributed by atoms with Crippen LogP contribution in [0, 0.1) is 0 Å². The molecule has 0 aromatic rings. The van der Waals surface area contributed by atoms with Crippen LogP contribution in [0.2, 0.25) is 0 Å². The van der Waals surface area contributed by atoms with E-state index in [1.54, 1.807) is 6.92 Å². The summed E-state index contributed by atoms with van der Waals surface area (Å²) >= 11 is 0. The third-order valence-electron chi connectivity index (χ3n) is 3.06. The summed E-state index contributed by atoms with van der Waals surface area (Å²) in [6, 6.07) is -0.920. The topological polar surface area (TPSA) is 83.6 Å². The molecule has 0 aromatic carbocycles. The van der Waals surface area contributed by atoms with E-state index in [1.807, 2.05) is 0 Å². The van der Waals surface area contributed by atoms with E-state index in [9.17, 15) is 19.2 Å². The minimum atomic E-state index is -0.920. The minimum absolute atomic E-state index is 0.0900. The van der Waals surface area contributed by atoms with Gasteiger partial charge in [-0.15, -0.1) is 0 Å². The highest BCUT2D eigenvalue weighted by atomic mass is 16.2. The van der Waals surface area contributed by atoms with Crippen LogP contribution in [0.1, 0.15) is 19.8 Å². The van der Waals surface area contributed by atoms with E-state index in [0.717, 1.165) is 4.90 Å². The average molecular weight is 248 g/mol. The van der Waals surface area contributed by atoms with Gasteiger partial charge in [0.05, 0.1) is 0 Å². The summed E-state index contributed by atoms with van der Waals surface area (Å²) in [4.78, 5) is 47.5. The van der Waals surface area contributed by atoms with E-state index in [1.165, 1.54) is 6.08 Å². The van der Waals surface area contributed by atoms with Crippen LogP contribution < -0.4 is 5.32 Å². The van der Waals surface area contributed by atoms with Crippen LogP contribution in [0.15, 0.2) is 23.8 Å². The van der Waals surface area contributed by atoms with Gasteiger partial charge in [0.1, 0.15) is 6.04 Å². The Labute approximate surface area is 103 Å². The molecule has 2 saturated heterocycles. The number of amides is 4. The highest BCUT2D eigenvalue weighted by Gasteiger charge is 2.45. The van der Waals surface area contributed by atoms with Crippen molar-refractivity contribution in [3.63, 3.8) is 0 Å². The van der Waals surface area contributed by atoms with E-state index in [0.29, 0.717) is 0 Å². The van der Waals surface area contributed by atoms with Crippen LogP contribution in [-0.2, 0) is 19.2 Å². The molecule has 1 N–H and O–H groups in total. The molecule has 0 aromatic heterocycles. The number of rotatable bonds is 1. The maximum Gasteiger partial charge on any atom is 0.261 e. The second kappa shape index (κ2) is 4.21. The smallest absolute Gasteiger partial charge is 0.261 e. The molecule has 2 fully saturated rings. The molecule has 2 aliphatic rings. The minimum Gasteiger partial charge on any atom is -0.295 e. The summed E-state index contributed by atoms with van der Waals surface area (Å²) in [5, 5.41) is 2.12. The summed E-state index contributed by atoms with van der Waals surface area (Å²) in [6.45, 7) is 5.17. The Bertz CT molecular complexity index is 518. The lowest BCUT2D eigenvalue weighted by Gasteiger charge is -2.27. The largest absolute Gasteiger partial charge is 0.295 e. The fraction of sp³-hybridized carbons (Fsp3) is 0.333. The van der Waals surface area contributed by atoms with Gasteiger partial charge >= 0.3 is 0 Å². The summed E-state index contributed by atoms with van der Waals surface area (Å²) in [6.07, 6.45) is 1.77. The van der Waals surface area contributed by atoms with Crippen LogP contribution in [0.5, 0.6) is 0 Å². The highest BCUT2D eigenvalue weighted by Crippen LogP contribution is 2.27. The summed E-state index contributed by atoms with van der Waals surface area (Å²) in [7, 11) is 0. The van der Waals surface area contributed by atoms with E-state index >= 15 is 0 Å². The fourth-order valence-electron chi connectivity index (χ4n) is 2.12. The molecule has 6 nitrogen and oxygen atoms in total. The lowest BCUT2D eigenvalue weighted by molar-refractivity contribution is -0.149. The van der Waals surface area contributed by atoms with Crippen molar-refractivity contribution >= 4 is 23.6 Å². The lowest BCUT2D eigenvalue weighted by Crippen LogP contribution is -2.54. The number of hydrogen-bond donors (Lipinski definition) is 1. The van der Waals surface area contributed by atoms with Gasteiger partial charge in [-0.3, -0.25) is 29.4 Å². The monoisotopic (exact) mass is 248 g/mol. The van der Waals surface area contributed by atoms with E-state index in [4.69, 9.17) is 0 Å². The van der Waals surface area contributed by atoms with Gasteiger partial charge in [-0.1, -0.05) is 12.7 Å². The first-order valence-electron chi connectivity index (χ1n) is 5.54. The van der Waals surface area contributed by atoms with E-state index in [-0.39, 0.29) is 29.9 Å². The van der Waals surface area contributed by atoms with Crippen molar-refractivity contribution in [2.75, 3.05) is 0 Å². The number of nitrogens with one attached hydrogen (secondary N) is 1. The Kier molecular flexibility index (Phi) is 2.86. The second-order valence-corrected chi connectivity index (χ2v) is 4.13. The fourth-order valence-corrected chi connectivity index (χ4v) is 2.12. The van der Waals surface area contributed by atoms with E-state index < -0.39 is 23.8 Å². The molecular weight excluding hydrogens is 236 g/mol. The molecular formula is C12H12N2O4. The predicted octanol–water partition coefficient (Wildman–Crippen LogP) is -0.337. The normalized spacial score (nSPS) is 27.2. The number of imide groups is 2. The molecule has 0 bridgehead atoms. The van der Waals surface area contributed by atoms with Gasteiger partial charge in [0.2, 0.25) is 11.8 Å². The van der Waals surface area contributed by atoms with Gasteiger partial charge in [0.25, 0.3) is 11.8 Å². The molecule has 0 spiro atoms. The number of carbonyl (C=O) groups excluding carboxylic acids is 4. The molecule has 94 valence electrons. The molecule has 1 atom stereocenters. The molecule has 0 saturated carbocycles. The third-order valence-corrected chi connectivity index (χ3v) is 3.06. The Morgan fingerprint density at radius 3 is 2.44 bits per heavy atom. The molecule has 0 aliphatic carbocycles. The van der Waals surface area contributed by atoms with Gasteiger partial charge in [-0.2, -0.15) is 0 Å². The Morgan fingerprint density at radius 2 is 1.94 bits per heavy atom.